The van der Waals surface area contributed by atoms with Crippen LogP contribution in [-0.4, -0.2) is 47.8 Å². The lowest BCUT2D eigenvalue weighted by atomic mass is 9.87. The van der Waals surface area contributed by atoms with Crippen molar-refractivity contribution in [3.63, 3.8) is 0 Å². The van der Waals surface area contributed by atoms with Crippen LogP contribution in [0.4, 0.5) is 4.39 Å². The van der Waals surface area contributed by atoms with Crippen molar-refractivity contribution in [1.82, 2.24) is 9.80 Å². The van der Waals surface area contributed by atoms with Crippen molar-refractivity contribution in [2.24, 2.45) is 11.8 Å². The Morgan fingerprint density at radius 2 is 1.69 bits per heavy atom. The molecule has 0 atom stereocenters. The molecular weight excluding hydrogens is 439 g/mol. The van der Waals surface area contributed by atoms with Crippen LogP contribution in [0.1, 0.15) is 67.8 Å². The molecule has 2 amide bonds. The Kier molecular flexibility index (Phi) is 8.73. The fourth-order valence-corrected chi connectivity index (χ4v) is 5.46. The Balaban J connectivity index is 1.39. The summed E-state index contributed by atoms with van der Waals surface area (Å²) in [5, 5.41) is 0. The summed E-state index contributed by atoms with van der Waals surface area (Å²) in [5.74, 6) is 0.302. The lowest BCUT2D eigenvalue weighted by Crippen LogP contribution is -2.45. The number of hydrogen-bond donors (Lipinski definition) is 0. The highest BCUT2D eigenvalue weighted by atomic mass is 19.1. The zero-order chi connectivity index (χ0) is 24.6. The third kappa shape index (κ3) is 7.03. The predicted molar refractivity (Wildman–Crippen MR) is 138 cm³/mol. The highest BCUT2D eigenvalue weighted by Gasteiger charge is 2.30. The van der Waals surface area contributed by atoms with Crippen LogP contribution in [0.5, 0.6) is 0 Å². The number of benzene rings is 2. The Hall–Kier alpha value is -2.95. The van der Waals surface area contributed by atoms with Gasteiger partial charge in [0.1, 0.15) is 5.82 Å². The van der Waals surface area contributed by atoms with Crippen molar-refractivity contribution in [1.29, 1.82) is 0 Å². The largest absolute Gasteiger partial charge is 0.339 e. The molecule has 35 heavy (non-hydrogen) atoms. The lowest BCUT2D eigenvalue weighted by Gasteiger charge is -2.36. The van der Waals surface area contributed by atoms with E-state index in [9.17, 15) is 14.0 Å². The van der Waals surface area contributed by atoms with E-state index in [0.717, 1.165) is 50.6 Å². The molecule has 5 heteroatoms. The van der Waals surface area contributed by atoms with Gasteiger partial charge in [-0.3, -0.25) is 9.59 Å². The molecule has 1 heterocycles. The van der Waals surface area contributed by atoms with Crippen LogP contribution >= 0.6 is 0 Å². The highest BCUT2D eigenvalue weighted by molar-refractivity contribution is 5.94. The van der Waals surface area contributed by atoms with Crippen LogP contribution in [0, 0.1) is 17.7 Å². The predicted octanol–water partition coefficient (Wildman–Crippen LogP) is 6.19. The van der Waals surface area contributed by atoms with Gasteiger partial charge in [-0.1, -0.05) is 67.3 Å². The SMILES string of the molecule is C/C(=C\c1ccccc1)CN(CC1CCN(C(=O)c2cccc(F)c2)CC1)C(=O)C1CCCCC1. The smallest absolute Gasteiger partial charge is 0.253 e. The van der Waals surface area contributed by atoms with Crippen LogP contribution in [0.2, 0.25) is 0 Å². The minimum absolute atomic E-state index is 0.111. The number of carbonyl (C=O) groups excluding carboxylic acids is 2. The van der Waals surface area contributed by atoms with E-state index in [4.69, 9.17) is 0 Å². The standard InChI is InChI=1S/C30H37FN2O2/c1-23(19-24-9-4-2-5-10-24)21-33(29(34)26-11-6-3-7-12-26)22-25-15-17-32(18-16-25)30(35)27-13-8-14-28(31)20-27/h2,4-5,8-10,13-14,19-20,25-26H,3,6-7,11-12,15-18,21-22H2,1H3/b23-19+. The van der Waals surface area contributed by atoms with Gasteiger partial charge in [0, 0.05) is 37.7 Å². The first-order chi connectivity index (χ1) is 17.0. The number of nitrogens with zero attached hydrogens (tertiary/aromatic N) is 2. The topological polar surface area (TPSA) is 40.6 Å². The molecule has 0 N–H and O–H groups in total. The normalized spacial score (nSPS) is 17.9. The molecule has 2 fully saturated rings. The van der Waals surface area contributed by atoms with Crippen LogP contribution < -0.4 is 0 Å². The number of carbonyl (C=O) groups is 2. The van der Waals surface area contributed by atoms with Gasteiger partial charge in [0.25, 0.3) is 5.91 Å². The molecule has 1 aliphatic heterocycles. The van der Waals surface area contributed by atoms with Gasteiger partial charge in [0.15, 0.2) is 0 Å². The second-order valence-electron chi connectivity index (χ2n) is 10.2. The molecule has 4 rings (SSSR count). The number of amides is 2. The molecule has 0 aromatic heterocycles. The first-order valence-electron chi connectivity index (χ1n) is 13.1. The fraction of sp³-hybridized carbons (Fsp3) is 0.467. The van der Waals surface area contributed by atoms with Gasteiger partial charge in [-0.2, -0.15) is 0 Å². The molecule has 2 aromatic carbocycles. The summed E-state index contributed by atoms with van der Waals surface area (Å²) in [6.07, 6.45) is 9.39. The third-order valence-corrected chi connectivity index (χ3v) is 7.37. The monoisotopic (exact) mass is 476 g/mol. The first-order valence-corrected chi connectivity index (χ1v) is 13.1. The van der Waals surface area contributed by atoms with E-state index in [1.165, 1.54) is 24.1 Å². The van der Waals surface area contributed by atoms with Gasteiger partial charge in [-0.05, 0) is 62.3 Å². The van der Waals surface area contributed by atoms with Gasteiger partial charge in [0.05, 0.1) is 0 Å². The summed E-state index contributed by atoms with van der Waals surface area (Å²) in [5.41, 5.74) is 2.73. The Morgan fingerprint density at radius 1 is 0.971 bits per heavy atom. The van der Waals surface area contributed by atoms with Crippen LogP contribution in [0.25, 0.3) is 6.08 Å². The van der Waals surface area contributed by atoms with Crippen molar-refractivity contribution >= 4 is 17.9 Å². The molecule has 0 radical (unpaired) electrons. The maximum Gasteiger partial charge on any atom is 0.253 e. The zero-order valence-electron chi connectivity index (χ0n) is 20.8. The van der Waals surface area contributed by atoms with E-state index in [-0.39, 0.29) is 17.6 Å². The van der Waals surface area contributed by atoms with Crippen LogP contribution in [0.3, 0.4) is 0 Å². The lowest BCUT2D eigenvalue weighted by molar-refractivity contribution is -0.137. The van der Waals surface area contributed by atoms with Crippen molar-refractivity contribution in [2.45, 2.75) is 51.9 Å². The van der Waals surface area contributed by atoms with Crippen LogP contribution in [-0.2, 0) is 4.79 Å². The van der Waals surface area contributed by atoms with Gasteiger partial charge < -0.3 is 9.80 Å². The number of piperidine rings is 1. The van der Waals surface area contributed by atoms with E-state index in [2.05, 4.69) is 30.0 Å². The molecule has 0 spiro atoms. The first kappa shape index (κ1) is 25.2. The number of rotatable bonds is 7. The Bertz CT molecular complexity index is 1020. The Morgan fingerprint density at radius 3 is 2.37 bits per heavy atom. The van der Waals surface area contributed by atoms with Gasteiger partial charge in [-0.15, -0.1) is 0 Å². The summed E-state index contributed by atoms with van der Waals surface area (Å²) >= 11 is 0. The van der Waals surface area contributed by atoms with E-state index in [0.29, 0.717) is 37.0 Å². The van der Waals surface area contributed by atoms with Gasteiger partial charge >= 0.3 is 0 Å². The molecule has 2 aliphatic rings. The minimum Gasteiger partial charge on any atom is -0.339 e. The minimum atomic E-state index is -0.387. The molecule has 2 aromatic rings. The van der Waals surface area contributed by atoms with E-state index >= 15 is 0 Å². The molecule has 186 valence electrons. The molecule has 4 nitrogen and oxygen atoms in total. The van der Waals surface area contributed by atoms with Gasteiger partial charge in [0.2, 0.25) is 5.91 Å². The maximum atomic E-state index is 13.6. The van der Waals surface area contributed by atoms with Crippen molar-refractivity contribution in [2.75, 3.05) is 26.2 Å². The summed E-state index contributed by atoms with van der Waals surface area (Å²) in [6.45, 7) is 4.77. The Labute approximate surface area is 208 Å². The molecule has 1 saturated carbocycles. The zero-order valence-corrected chi connectivity index (χ0v) is 20.8. The summed E-state index contributed by atoms with van der Waals surface area (Å²) in [7, 11) is 0. The van der Waals surface area contributed by atoms with E-state index in [1.807, 2.05) is 23.1 Å². The molecule has 0 unspecified atom stereocenters. The van der Waals surface area contributed by atoms with Crippen molar-refractivity contribution < 1.29 is 14.0 Å². The number of hydrogen-bond acceptors (Lipinski definition) is 2. The molecule has 1 saturated heterocycles. The fourth-order valence-electron chi connectivity index (χ4n) is 5.46. The molecule has 0 bridgehead atoms. The average Bonchev–Trinajstić information content (AvgIpc) is 2.89. The van der Waals surface area contributed by atoms with Crippen molar-refractivity contribution in [3.8, 4) is 0 Å². The quantitative estimate of drug-likeness (QED) is 0.478. The maximum absolute atomic E-state index is 13.6. The molecule has 1 aliphatic carbocycles. The number of halogens is 1. The number of likely N-dealkylation sites (tertiary alicyclic amines) is 1. The van der Waals surface area contributed by atoms with Gasteiger partial charge in [-0.25, -0.2) is 4.39 Å². The van der Waals surface area contributed by atoms with Crippen molar-refractivity contribution in [3.05, 3.63) is 77.1 Å². The summed E-state index contributed by atoms with van der Waals surface area (Å²) in [4.78, 5) is 30.3. The average molecular weight is 477 g/mol. The summed E-state index contributed by atoms with van der Waals surface area (Å²) in [6, 6.07) is 16.2. The molecular formula is C30H37FN2O2. The third-order valence-electron chi connectivity index (χ3n) is 7.37. The van der Waals surface area contributed by atoms with E-state index < -0.39 is 0 Å². The van der Waals surface area contributed by atoms with Crippen LogP contribution in [0.15, 0.2) is 60.2 Å². The second-order valence-corrected chi connectivity index (χ2v) is 10.2. The summed E-state index contributed by atoms with van der Waals surface area (Å²) < 4.78 is 13.6. The second kappa shape index (κ2) is 12.1. The van der Waals surface area contributed by atoms with E-state index in [1.54, 1.807) is 12.1 Å². The highest BCUT2D eigenvalue weighted by Crippen LogP contribution is 2.28.